The molecule has 2 aromatic carbocycles. The van der Waals surface area contributed by atoms with Gasteiger partial charge in [-0.15, -0.1) is 11.6 Å². The lowest BCUT2D eigenvalue weighted by Crippen LogP contribution is -2.39. The topological polar surface area (TPSA) is 104 Å². The molecular weight excluding hydrogens is 513 g/mol. The molecule has 3 amide bonds. The molecule has 0 radical (unpaired) electrons. The number of fused-ring (bicyclic) bond motifs is 2. The maximum atomic E-state index is 14.7. The van der Waals surface area contributed by atoms with E-state index in [4.69, 9.17) is 31.5 Å². The first-order valence-corrected chi connectivity index (χ1v) is 12.2. The molecule has 0 fully saturated rings. The van der Waals surface area contributed by atoms with Gasteiger partial charge in [0.05, 0.1) is 24.9 Å². The molecule has 5 rings (SSSR count). The SMILES string of the molecule is COc1cc2c(Oc3ccc(N(C(C)=O)C(N)=O)cc3F)ccnc2cc1OCCCCl.c1cc2cc-2c1. The number of amides is 3. The first-order valence-electron chi connectivity index (χ1n) is 11.7. The highest BCUT2D eigenvalue weighted by molar-refractivity contribution is 6.17. The van der Waals surface area contributed by atoms with Crippen molar-refractivity contribution in [1.82, 2.24) is 4.98 Å². The third-order valence-electron chi connectivity index (χ3n) is 5.56. The van der Waals surface area contributed by atoms with Gasteiger partial charge < -0.3 is 19.9 Å². The summed E-state index contributed by atoms with van der Waals surface area (Å²) in [6.45, 7) is 1.57. The molecule has 0 unspecified atom stereocenters. The van der Waals surface area contributed by atoms with Gasteiger partial charge in [-0.1, -0.05) is 18.2 Å². The first-order chi connectivity index (χ1) is 18.3. The summed E-state index contributed by atoms with van der Waals surface area (Å²) in [5.74, 6) is 0.219. The first kappa shape index (κ1) is 26.7. The smallest absolute Gasteiger partial charge is 0.326 e. The second-order valence-corrected chi connectivity index (χ2v) is 8.59. The number of alkyl halides is 1. The van der Waals surface area contributed by atoms with Crippen LogP contribution in [-0.4, -0.2) is 36.5 Å². The van der Waals surface area contributed by atoms with Crippen molar-refractivity contribution >= 4 is 40.1 Å². The average Bonchev–Trinajstić information content (AvgIpc) is 3.49. The van der Waals surface area contributed by atoms with E-state index in [0.29, 0.717) is 52.0 Å². The van der Waals surface area contributed by atoms with E-state index >= 15 is 0 Å². The minimum atomic E-state index is -1.01. The molecule has 0 spiro atoms. The summed E-state index contributed by atoms with van der Waals surface area (Å²) in [6.07, 6.45) is 2.19. The molecule has 2 N–H and O–H groups in total. The van der Waals surface area contributed by atoms with Crippen molar-refractivity contribution in [2.24, 2.45) is 5.73 Å². The quantitative estimate of drug-likeness (QED) is 0.184. The Labute approximate surface area is 223 Å². The number of carbonyl (C=O) groups is 2. The van der Waals surface area contributed by atoms with Gasteiger partial charge in [0.1, 0.15) is 5.75 Å². The van der Waals surface area contributed by atoms with E-state index in [1.165, 1.54) is 36.6 Å². The van der Waals surface area contributed by atoms with Crippen LogP contribution < -0.4 is 24.8 Å². The molecule has 10 heteroatoms. The number of anilines is 1. The maximum absolute atomic E-state index is 14.7. The molecule has 1 heterocycles. The Morgan fingerprint density at radius 2 is 1.76 bits per heavy atom. The number of hydrogen-bond acceptors (Lipinski definition) is 6. The Morgan fingerprint density at radius 1 is 1.00 bits per heavy atom. The molecule has 38 heavy (non-hydrogen) atoms. The van der Waals surface area contributed by atoms with Crippen molar-refractivity contribution in [2.75, 3.05) is 24.5 Å². The summed E-state index contributed by atoms with van der Waals surface area (Å²) in [5, 5.41) is 0.569. The maximum Gasteiger partial charge on any atom is 0.326 e. The molecule has 0 saturated carbocycles. The molecule has 2 aliphatic carbocycles. The van der Waals surface area contributed by atoms with E-state index in [1.807, 2.05) is 0 Å². The van der Waals surface area contributed by atoms with Crippen LogP contribution in [0.25, 0.3) is 22.0 Å². The van der Waals surface area contributed by atoms with E-state index in [0.717, 1.165) is 13.0 Å². The number of carbonyl (C=O) groups excluding carboxylic acids is 2. The minimum absolute atomic E-state index is 0.00478. The van der Waals surface area contributed by atoms with E-state index in [1.54, 1.807) is 18.2 Å². The molecule has 2 aliphatic rings. The number of nitrogens with zero attached hydrogens (tertiary/aromatic N) is 2. The number of primary amides is 1. The van der Waals surface area contributed by atoms with Gasteiger partial charge in [0, 0.05) is 36.5 Å². The second-order valence-electron chi connectivity index (χ2n) is 8.21. The molecule has 0 saturated heterocycles. The molecule has 0 bridgehead atoms. The zero-order chi connectivity index (χ0) is 27.2. The molecule has 1 aromatic heterocycles. The van der Waals surface area contributed by atoms with Crippen molar-refractivity contribution in [3.8, 4) is 34.1 Å². The monoisotopic (exact) mass is 537 g/mol. The van der Waals surface area contributed by atoms with Crippen LogP contribution in [0.2, 0.25) is 0 Å². The van der Waals surface area contributed by atoms with E-state index in [-0.39, 0.29) is 11.4 Å². The van der Waals surface area contributed by atoms with E-state index in [9.17, 15) is 14.0 Å². The molecule has 0 atom stereocenters. The number of nitrogens with two attached hydrogens (primary N) is 1. The number of imide groups is 1. The summed E-state index contributed by atoms with van der Waals surface area (Å²) in [5.41, 5.74) is 8.60. The van der Waals surface area contributed by atoms with Crippen LogP contribution in [0.4, 0.5) is 14.9 Å². The van der Waals surface area contributed by atoms with Gasteiger partial charge in [-0.25, -0.2) is 14.1 Å². The Bertz CT molecular complexity index is 1470. The minimum Gasteiger partial charge on any atom is -0.493 e. The molecule has 8 nitrogen and oxygen atoms in total. The summed E-state index contributed by atoms with van der Waals surface area (Å²) >= 11 is 5.69. The van der Waals surface area contributed by atoms with Crippen LogP contribution in [-0.2, 0) is 4.79 Å². The van der Waals surface area contributed by atoms with Crippen LogP contribution in [0.15, 0.2) is 66.9 Å². The Morgan fingerprint density at radius 3 is 2.32 bits per heavy atom. The lowest BCUT2D eigenvalue weighted by atomic mass is 10.1. The third kappa shape index (κ3) is 6.12. The predicted octanol–water partition coefficient (Wildman–Crippen LogP) is 6.28. The number of urea groups is 1. The van der Waals surface area contributed by atoms with E-state index in [2.05, 4.69) is 29.2 Å². The van der Waals surface area contributed by atoms with Gasteiger partial charge in [-0.3, -0.25) is 9.78 Å². The van der Waals surface area contributed by atoms with Gasteiger partial charge in [0.25, 0.3) is 0 Å². The summed E-state index contributed by atoms with van der Waals surface area (Å²) in [7, 11) is 1.50. The van der Waals surface area contributed by atoms with Crippen LogP contribution in [0.1, 0.15) is 13.3 Å². The Balaban J connectivity index is 0.000000483. The third-order valence-corrected chi connectivity index (χ3v) is 5.83. The van der Waals surface area contributed by atoms with Gasteiger partial charge in [0.2, 0.25) is 5.91 Å². The van der Waals surface area contributed by atoms with Crippen LogP contribution in [0, 0.1) is 5.82 Å². The summed E-state index contributed by atoms with van der Waals surface area (Å²) in [6, 6.07) is 16.1. The fourth-order valence-corrected chi connectivity index (χ4v) is 3.81. The normalized spacial score (nSPS) is 10.7. The Hall–Kier alpha value is -4.37. The van der Waals surface area contributed by atoms with E-state index < -0.39 is 17.8 Å². The number of halogens is 2. The Kier molecular flexibility index (Phi) is 8.28. The number of rotatable bonds is 8. The highest BCUT2D eigenvalue weighted by atomic mass is 35.5. The number of benzene rings is 3. The zero-order valence-corrected chi connectivity index (χ0v) is 21.5. The molecular formula is C28H25ClFN3O5. The number of methoxy groups -OCH3 is 1. The average molecular weight is 538 g/mol. The number of aromatic nitrogens is 1. The van der Waals surface area contributed by atoms with Gasteiger partial charge in [-0.2, -0.15) is 0 Å². The van der Waals surface area contributed by atoms with Crippen LogP contribution in [0.5, 0.6) is 23.0 Å². The fourth-order valence-electron chi connectivity index (χ4n) is 3.70. The van der Waals surface area contributed by atoms with Crippen molar-refractivity contribution in [2.45, 2.75) is 13.3 Å². The summed E-state index contributed by atoms with van der Waals surface area (Å²) in [4.78, 5) is 28.1. The second kappa shape index (κ2) is 11.8. The highest BCUT2D eigenvalue weighted by Gasteiger charge is 2.20. The fraction of sp³-hybridized carbons (Fsp3) is 0.179. The molecule has 196 valence electrons. The van der Waals surface area contributed by atoms with Gasteiger partial charge >= 0.3 is 6.03 Å². The van der Waals surface area contributed by atoms with Crippen molar-refractivity contribution < 1.29 is 28.2 Å². The van der Waals surface area contributed by atoms with Crippen molar-refractivity contribution in [1.29, 1.82) is 0 Å². The standard InChI is InChI=1S/C22H21ClFN3O5.C6H4/c1-13(28)27(22(25)29)14-4-5-19(16(24)10-14)32-18-6-8-26-17-12-21(31-9-3-7-23)20(30-2)11-15(17)18;1-2-5-4-6(5)3-1/h4-6,8,10-12H,3,7,9H2,1-2H3,(H2,25,29);1-4H. The van der Waals surface area contributed by atoms with Crippen LogP contribution >= 0.6 is 11.6 Å². The van der Waals surface area contributed by atoms with Gasteiger partial charge in [-0.05, 0) is 47.9 Å². The van der Waals surface area contributed by atoms with Crippen molar-refractivity contribution in [3.05, 3.63) is 72.7 Å². The van der Waals surface area contributed by atoms with Crippen molar-refractivity contribution in [3.63, 3.8) is 0 Å². The zero-order valence-electron chi connectivity index (χ0n) is 20.7. The molecule has 0 aliphatic heterocycles. The molecule has 3 aromatic rings. The van der Waals surface area contributed by atoms with Crippen LogP contribution in [0.3, 0.4) is 0 Å². The largest absolute Gasteiger partial charge is 0.493 e. The number of pyridine rings is 1. The number of hydrogen-bond donors (Lipinski definition) is 1. The summed E-state index contributed by atoms with van der Waals surface area (Å²) < 4.78 is 31.6. The van der Waals surface area contributed by atoms with Gasteiger partial charge in [0.15, 0.2) is 23.1 Å². The highest BCUT2D eigenvalue weighted by Crippen LogP contribution is 2.38. The number of ether oxygens (including phenoxy) is 3. The lowest BCUT2D eigenvalue weighted by Gasteiger charge is -2.17. The lowest BCUT2D eigenvalue weighted by molar-refractivity contribution is -0.115. The predicted molar refractivity (Wildman–Crippen MR) is 144 cm³/mol.